The normalized spacial score (nSPS) is 14.5. The molecular weight excluding hydrogens is 295 g/mol. The van der Waals surface area contributed by atoms with Gasteiger partial charge in [-0.15, -0.1) is 0 Å². The van der Waals surface area contributed by atoms with E-state index in [0.29, 0.717) is 24.8 Å². The second kappa shape index (κ2) is 8.17. The van der Waals surface area contributed by atoms with Gasteiger partial charge >= 0.3 is 6.18 Å². The Bertz CT molecular complexity index is 471. The monoisotopic (exact) mass is 317 g/mol. The Hall–Kier alpha value is -1.56. The van der Waals surface area contributed by atoms with Crippen molar-refractivity contribution in [2.75, 3.05) is 6.61 Å². The van der Waals surface area contributed by atoms with Crippen molar-refractivity contribution in [2.24, 2.45) is 5.92 Å². The van der Waals surface area contributed by atoms with Gasteiger partial charge in [-0.1, -0.05) is 19.1 Å². The first-order valence-electron chi connectivity index (χ1n) is 7.31. The number of amides is 1. The quantitative estimate of drug-likeness (QED) is 0.811. The number of nitrogens with one attached hydrogen (secondary N) is 1. The van der Waals surface area contributed by atoms with Gasteiger partial charge in [0, 0.05) is 18.6 Å². The highest BCUT2D eigenvalue weighted by atomic mass is 19.4. The molecule has 0 bridgehead atoms. The van der Waals surface area contributed by atoms with E-state index in [1.807, 2.05) is 6.92 Å². The van der Waals surface area contributed by atoms with Gasteiger partial charge < -0.3 is 10.4 Å². The molecule has 6 heteroatoms. The fourth-order valence-corrected chi connectivity index (χ4v) is 2.13. The molecule has 0 radical (unpaired) electrons. The van der Waals surface area contributed by atoms with Crippen LogP contribution in [0.5, 0.6) is 0 Å². The molecule has 0 aliphatic carbocycles. The Morgan fingerprint density at radius 3 is 2.32 bits per heavy atom. The highest BCUT2D eigenvalue weighted by Gasteiger charge is 2.30. The lowest BCUT2D eigenvalue weighted by atomic mass is 9.99. The van der Waals surface area contributed by atoms with Crippen LogP contribution in [0, 0.1) is 5.92 Å². The molecule has 0 saturated heterocycles. The highest BCUT2D eigenvalue weighted by Crippen LogP contribution is 2.29. The predicted octanol–water partition coefficient (Wildman–Crippen LogP) is 3.16. The minimum atomic E-state index is -4.34. The molecule has 1 amide bonds. The van der Waals surface area contributed by atoms with Gasteiger partial charge in [-0.05, 0) is 43.9 Å². The van der Waals surface area contributed by atoms with Crippen LogP contribution in [0.1, 0.15) is 37.8 Å². The molecule has 0 aliphatic rings. The zero-order valence-corrected chi connectivity index (χ0v) is 12.8. The molecule has 124 valence electrons. The smallest absolute Gasteiger partial charge is 0.396 e. The Kier molecular flexibility index (Phi) is 6.87. The van der Waals surface area contributed by atoms with Crippen LogP contribution in [0.3, 0.4) is 0 Å². The summed E-state index contributed by atoms with van der Waals surface area (Å²) in [6.07, 6.45) is -2.65. The van der Waals surface area contributed by atoms with Crippen molar-refractivity contribution in [1.29, 1.82) is 0 Å². The number of carbonyl (C=O) groups is 1. The van der Waals surface area contributed by atoms with Crippen molar-refractivity contribution >= 4 is 5.91 Å². The van der Waals surface area contributed by atoms with Crippen molar-refractivity contribution < 1.29 is 23.1 Å². The number of benzene rings is 1. The van der Waals surface area contributed by atoms with Crippen molar-refractivity contribution in [3.05, 3.63) is 35.4 Å². The zero-order chi connectivity index (χ0) is 16.8. The van der Waals surface area contributed by atoms with Crippen molar-refractivity contribution in [2.45, 2.75) is 45.3 Å². The maximum Gasteiger partial charge on any atom is 0.416 e. The average molecular weight is 317 g/mol. The number of rotatable bonds is 7. The first kappa shape index (κ1) is 18.5. The fraction of sp³-hybridized carbons (Fsp3) is 0.562. The van der Waals surface area contributed by atoms with Gasteiger partial charge in [0.2, 0.25) is 5.91 Å². The van der Waals surface area contributed by atoms with E-state index in [9.17, 15) is 18.0 Å². The van der Waals surface area contributed by atoms with Crippen LogP contribution in [0.15, 0.2) is 24.3 Å². The van der Waals surface area contributed by atoms with E-state index >= 15 is 0 Å². The second-order valence-corrected chi connectivity index (χ2v) is 5.58. The number of aliphatic hydroxyl groups is 1. The van der Waals surface area contributed by atoms with Crippen LogP contribution in [0.4, 0.5) is 13.2 Å². The van der Waals surface area contributed by atoms with Crippen LogP contribution >= 0.6 is 0 Å². The average Bonchev–Trinajstić information content (AvgIpc) is 2.44. The largest absolute Gasteiger partial charge is 0.416 e. The van der Waals surface area contributed by atoms with Crippen LogP contribution < -0.4 is 5.32 Å². The molecule has 0 aliphatic heterocycles. The molecule has 0 spiro atoms. The number of alkyl halides is 3. The molecule has 22 heavy (non-hydrogen) atoms. The maximum atomic E-state index is 12.5. The number of carbonyl (C=O) groups excluding carboxylic acids is 1. The fourth-order valence-electron chi connectivity index (χ4n) is 2.13. The zero-order valence-electron chi connectivity index (χ0n) is 12.8. The lowest BCUT2D eigenvalue weighted by Gasteiger charge is -2.17. The van der Waals surface area contributed by atoms with Crippen LogP contribution in [-0.4, -0.2) is 23.7 Å². The lowest BCUT2D eigenvalue weighted by molar-refractivity contribution is -0.137. The minimum absolute atomic E-state index is 0.0327. The van der Waals surface area contributed by atoms with E-state index in [-0.39, 0.29) is 24.5 Å². The van der Waals surface area contributed by atoms with Gasteiger partial charge in [-0.2, -0.15) is 13.2 Å². The third kappa shape index (κ3) is 6.05. The van der Waals surface area contributed by atoms with Crippen molar-refractivity contribution in [3.63, 3.8) is 0 Å². The summed E-state index contributed by atoms with van der Waals surface area (Å²) in [7, 11) is 0. The first-order chi connectivity index (χ1) is 10.2. The van der Waals surface area contributed by atoms with Crippen molar-refractivity contribution in [3.8, 4) is 0 Å². The number of hydrogen-bond donors (Lipinski definition) is 2. The molecule has 0 heterocycles. The molecule has 3 nitrogen and oxygen atoms in total. The van der Waals surface area contributed by atoms with Gasteiger partial charge in [0.15, 0.2) is 0 Å². The Labute approximate surface area is 128 Å². The molecule has 2 atom stereocenters. The van der Waals surface area contributed by atoms with Gasteiger partial charge in [-0.25, -0.2) is 0 Å². The Balaban J connectivity index is 2.53. The van der Waals surface area contributed by atoms with E-state index in [1.165, 1.54) is 12.1 Å². The van der Waals surface area contributed by atoms with Gasteiger partial charge in [0.05, 0.1) is 5.56 Å². The molecule has 1 rings (SSSR count). The van der Waals surface area contributed by atoms with Gasteiger partial charge in [-0.3, -0.25) is 4.79 Å². The van der Waals surface area contributed by atoms with E-state index < -0.39 is 11.7 Å². The van der Waals surface area contributed by atoms with E-state index in [4.69, 9.17) is 5.11 Å². The van der Waals surface area contributed by atoms with Crippen molar-refractivity contribution in [1.82, 2.24) is 5.32 Å². The number of hydrogen-bond acceptors (Lipinski definition) is 2. The summed E-state index contributed by atoms with van der Waals surface area (Å²) in [5.41, 5.74) is 0.00430. The number of aliphatic hydroxyl groups excluding tert-OH is 1. The molecule has 0 saturated carbocycles. The third-order valence-electron chi connectivity index (χ3n) is 3.45. The second-order valence-electron chi connectivity index (χ2n) is 5.58. The van der Waals surface area contributed by atoms with Crippen LogP contribution in [0.2, 0.25) is 0 Å². The molecule has 1 aromatic rings. The molecule has 2 N–H and O–H groups in total. The first-order valence-corrected chi connectivity index (χ1v) is 7.31. The summed E-state index contributed by atoms with van der Waals surface area (Å²) in [5, 5.41) is 11.6. The van der Waals surface area contributed by atoms with E-state index in [2.05, 4.69) is 5.32 Å². The molecule has 0 aromatic heterocycles. The topological polar surface area (TPSA) is 49.3 Å². The maximum absolute atomic E-state index is 12.5. The van der Waals surface area contributed by atoms with Crippen LogP contribution in [0.25, 0.3) is 0 Å². The SMILES string of the molecule is CC(CCCO)NC(=O)C(C)Cc1ccc(C(F)(F)F)cc1. The summed E-state index contributed by atoms with van der Waals surface area (Å²) in [4.78, 5) is 12.0. The molecule has 1 aromatic carbocycles. The van der Waals surface area contributed by atoms with Gasteiger partial charge in [0.1, 0.15) is 0 Å². The van der Waals surface area contributed by atoms with Crippen LogP contribution in [-0.2, 0) is 17.4 Å². The lowest BCUT2D eigenvalue weighted by Crippen LogP contribution is -2.37. The molecule has 2 unspecified atom stereocenters. The highest BCUT2D eigenvalue weighted by molar-refractivity contribution is 5.78. The minimum Gasteiger partial charge on any atom is -0.396 e. The number of halogens is 3. The predicted molar refractivity (Wildman–Crippen MR) is 78.2 cm³/mol. The summed E-state index contributed by atoms with van der Waals surface area (Å²) in [6, 6.07) is 4.84. The summed E-state index contributed by atoms with van der Waals surface area (Å²) >= 11 is 0. The third-order valence-corrected chi connectivity index (χ3v) is 3.45. The summed E-state index contributed by atoms with van der Waals surface area (Å²) < 4.78 is 37.4. The van der Waals surface area contributed by atoms with E-state index in [0.717, 1.165) is 12.1 Å². The molecular formula is C16H22F3NO2. The summed E-state index contributed by atoms with van der Waals surface area (Å²) in [5.74, 6) is -0.460. The summed E-state index contributed by atoms with van der Waals surface area (Å²) in [6.45, 7) is 3.69. The Morgan fingerprint density at radius 2 is 1.82 bits per heavy atom. The molecule has 0 fully saturated rings. The van der Waals surface area contributed by atoms with E-state index in [1.54, 1.807) is 6.92 Å². The standard InChI is InChI=1S/C16H22F3NO2/c1-11(15(22)20-12(2)4-3-9-21)10-13-5-7-14(8-6-13)16(17,18)19/h5-8,11-12,21H,3-4,9-10H2,1-2H3,(H,20,22). The Morgan fingerprint density at radius 1 is 1.23 bits per heavy atom. The van der Waals surface area contributed by atoms with Gasteiger partial charge in [0.25, 0.3) is 0 Å².